The molecule has 1 N–H and O–H groups in total. The highest BCUT2D eigenvalue weighted by atomic mass is 35.5. The van der Waals surface area contributed by atoms with E-state index in [1.807, 2.05) is 4.90 Å². The number of aryl methyl sites for hydroxylation is 1. The van der Waals surface area contributed by atoms with Gasteiger partial charge in [-0.1, -0.05) is 0 Å². The lowest BCUT2D eigenvalue weighted by Crippen LogP contribution is -2.52. The lowest BCUT2D eigenvalue weighted by Gasteiger charge is -2.34. The van der Waals surface area contributed by atoms with Gasteiger partial charge in [0.15, 0.2) is 0 Å². The fraction of sp³-hybridized carbons (Fsp3) is 0.700. The van der Waals surface area contributed by atoms with Gasteiger partial charge in [0.25, 0.3) is 0 Å². The van der Waals surface area contributed by atoms with E-state index >= 15 is 0 Å². The molecule has 2 heterocycles. The van der Waals surface area contributed by atoms with E-state index in [2.05, 4.69) is 22.3 Å². The van der Waals surface area contributed by atoms with Crippen LogP contribution in [0.4, 0.5) is 0 Å². The third-order valence-corrected chi connectivity index (χ3v) is 2.84. The van der Waals surface area contributed by atoms with Gasteiger partial charge in [-0.25, -0.2) is 4.98 Å². The van der Waals surface area contributed by atoms with Crippen molar-refractivity contribution in [2.45, 2.75) is 25.9 Å². The second-order valence-electron chi connectivity index (χ2n) is 4.05. The molecule has 0 spiro atoms. The topological polar surface area (TPSA) is 63.1 Å². The highest BCUT2D eigenvalue weighted by molar-refractivity contribution is 5.85. The third kappa shape index (κ3) is 3.67. The number of carbonyl (C=O) groups is 1. The van der Waals surface area contributed by atoms with Crippen LogP contribution in [0, 0.1) is 0 Å². The molecular weight excluding hydrogens is 242 g/mol. The molecule has 1 saturated heterocycles. The van der Waals surface area contributed by atoms with E-state index in [4.69, 9.17) is 0 Å². The van der Waals surface area contributed by atoms with Gasteiger partial charge in [0.2, 0.25) is 5.91 Å². The molecule has 1 aromatic heterocycles. The van der Waals surface area contributed by atoms with Crippen LogP contribution in [0.2, 0.25) is 0 Å². The highest BCUT2D eigenvalue weighted by Crippen LogP contribution is 2.05. The summed E-state index contributed by atoms with van der Waals surface area (Å²) < 4.78 is 1.69. The van der Waals surface area contributed by atoms with Crippen molar-refractivity contribution >= 4 is 18.3 Å². The Morgan fingerprint density at radius 1 is 1.59 bits per heavy atom. The Morgan fingerprint density at radius 2 is 2.41 bits per heavy atom. The number of carbonyl (C=O) groups excluding carboxylic acids is 1. The lowest BCUT2D eigenvalue weighted by molar-refractivity contribution is -0.134. The molecule has 2 rings (SSSR count). The number of rotatable bonds is 3. The highest BCUT2D eigenvalue weighted by Gasteiger charge is 2.22. The van der Waals surface area contributed by atoms with Gasteiger partial charge in [-0.05, 0) is 6.92 Å². The van der Waals surface area contributed by atoms with Crippen LogP contribution in [0.3, 0.4) is 0 Å². The Bertz CT molecular complexity index is 342. The zero-order chi connectivity index (χ0) is 11.4. The molecule has 1 aliphatic heterocycles. The summed E-state index contributed by atoms with van der Waals surface area (Å²) in [6.45, 7) is 5.25. The Balaban J connectivity index is 0.00000144. The molecule has 0 saturated carbocycles. The largest absolute Gasteiger partial charge is 0.337 e. The third-order valence-electron chi connectivity index (χ3n) is 2.84. The predicted molar refractivity (Wildman–Crippen MR) is 65.9 cm³/mol. The van der Waals surface area contributed by atoms with Crippen LogP contribution in [0.25, 0.3) is 0 Å². The SMILES string of the molecule is CC1CNCCN1C(=O)CCn1cncn1.Cl. The van der Waals surface area contributed by atoms with E-state index in [-0.39, 0.29) is 24.4 Å². The van der Waals surface area contributed by atoms with Gasteiger partial charge in [-0.2, -0.15) is 5.10 Å². The molecule has 0 aromatic carbocycles. The average Bonchev–Trinajstić information content (AvgIpc) is 2.79. The number of halogens is 1. The molecule has 0 radical (unpaired) electrons. The molecule has 1 atom stereocenters. The summed E-state index contributed by atoms with van der Waals surface area (Å²) in [5.41, 5.74) is 0. The fourth-order valence-corrected chi connectivity index (χ4v) is 1.91. The minimum atomic E-state index is 0. The van der Waals surface area contributed by atoms with Gasteiger partial charge in [0, 0.05) is 32.1 Å². The fourth-order valence-electron chi connectivity index (χ4n) is 1.91. The van der Waals surface area contributed by atoms with Crippen LogP contribution < -0.4 is 5.32 Å². The molecule has 0 aliphatic carbocycles. The van der Waals surface area contributed by atoms with Crippen molar-refractivity contribution in [1.82, 2.24) is 25.0 Å². The van der Waals surface area contributed by atoms with Crippen LogP contribution in [0.1, 0.15) is 13.3 Å². The first-order valence-electron chi connectivity index (χ1n) is 5.60. The van der Waals surface area contributed by atoms with Gasteiger partial charge in [-0.15, -0.1) is 12.4 Å². The van der Waals surface area contributed by atoms with E-state index in [1.165, 1.54) is 6.33 Å². The minimum Gasteiger partial charge on any atom is -0.337 e. The molecule has 1 fully saturated rings. The first-order valence-corrected chi connectivity index (χ1v) is 5.60. The van der Waals surface area contributed by atoms with Crippen LogP contribution in [0.5, 0.6) is 0 Å². The molecular formula is C10H18ClN5O. The van der Waals surface area contributed by atoms with Crippen LogP contribution in [-0.2, 0) is 11.3 Å². The number of hydrogen-bond donors (Lipinski definition) is 1. The Kier molecular flexibility index (Phi) is 5.37. The zero-order valence-corrected chi connectivity index (χ0v) is 10.7. The lowest BCUT2D eigenvalue weighted by atomic mass is 10.2. The molecule has 17 heavy (non-hydrogen) atoms. The standard InChI is InChI=1S/C10H17N5O.ClH/c1-9-6-11-3-5-15(9)10(16)2-4-14-8-12-7-13-14;/h7-9,11H,2-6H2,1H3;1H. The molecule has 7 heteroatoms. The van der Waals surface area contributed by atoms with Gasteiger partial charge < -0.3 is 10.2 Å². The van der Waals surface area contributed by atoms with Gasteiger partial charge >= 0.3 is 0 Å². The van der Waals surface area contributed by atoms with E-state index in [1.54, 1.807) is 11.0 Å². The summed E-state index contributed by atoms with van der Waals surface area (Å²) >= 11 is 0. The van der Waals surface area contributed by atoms with Crippen molar-refractivity contribution in [2.24, 2.45) is 0 Å². The second-order valence-corrected chi connectivity index (χ2v) is 4.05. The first-order chi connectivity index (χ1) is 7.77. The molecule has 0 bridgehead atoms. The maximum atomic E-state index is 11.9. The van der Waals surface area contributed by atoms with Crippen molar-refractivity contribution in [1.29, 1.82) is 0 Å². The van der Waals surface area contributed by atoms with Crippen LogP contribution >= 0.6 is 12.4 Å². The van der Waals surface area contributed by atoms with Crippen molar-refractivity contribution in [3.05, 3.63) is 12.7 Å². The predicted octanol–water partition coefficient (Wildman–Crippen LogP) is -0.0897. The number of aromatic nitrogens is 3. The zero-order valence-electron chi connectivity index (χ0n) is 9.87. The maximum Gasteiger partial charge on any atom is 0.224 e. The van der Waals surface area contributed by atoms with Gasteiger partial charge in [0.05, 0.1) is 6.54 Å². The van der Waals surface area contributed by atoms with Crippen LogP contribution in [0.15, 0.2) is 12.7 Å². The molecule has 1 aliphatic rings. The minimum absolute atomic E-state index is 0. The monoisotopic (exact) mass is 259 g/mol. The Labute approximate surface area is 107 Å². The first kappa shape index (κ1) is 13.9. The molecule has 96 valence electrons. The number of amides is 1. The van der Waals surface area contributed by atoms with Crippen molar-refractivity contribution in [3.63, 3.8) is 0 Å². The Morgan fingerprint density at radius 3 is 3.06 bits per heavy atom. The van der Waals surface area contributed by atoms with Crippen molar-refractivity contribution < 1.29 is 4.79 Å². The quantitative estimate of drug-likeness (QED) is 0.824. The number of nitrogens with one attached hydrogen (secondary N) is 1. The van der Waals surface area contributed by atoms with Crippen molar-refractivity contribution in [2.75, 3.05) is 19.6 Å². The van der Waals surface area contributed by atoms with E-state index in [0.29, 0.717) is 13.0 Å². The average molecular weight is 260 g/mol. The molecule has 1 amide bonds. The van der Waals surface area contributed by atoms with E-state index in [9.17, 15) is 4.79 Å². The molecule has 1 unspecified atom stereocenters. The van der Waals surface area contributed by atoms with Crippen LogP contribution in [-0.4, -0.2) is 51.2 Å². The summed E-state index contributed by atoms with van der Waals surface area (Å²) in [6.07, 6.45) is 3.61. The summed E-state index contributed by atoms with van der Waals surface area (Å²) in [4.78, 5) is 17.7. The summed E-state index contributed by atoms with van der Waals surface area (Å²) in [6, 6.07) is 0.289. The number of nitrogens with zero attached hydrogens (tertiary/aromatic N) is 4. The summed E-state index contributed by atoms with van der Waals surface area (Å²) in [5, 5.41) is 7.24. The van der Waals surface area contributed by atoms with E-state index in [0.717, 1.165) is 19.6 Å². The maximum absolute atomic E-state index is 11.9. The second kappa shape index (κ2) is 6.56. The van der Waals surface area contributed by atoms with Crippen molar-refractivity contribution in [3.8, 4) is 0 Å². The number of piperazine rings is 1. The Hall–Kier alpha value is -1.14. The smallest absolute Gasteiger partial charge is 0.224 e. The number of hydrogen-bond acceptors (Lipinski definition) is 4. The molecule has 1 aromatic rings. The summed E-state index contributed by atoms with van der Waals surface area (Å²) in [5.74, 6) is 0.199. The normalized spacial score (nSPS) is 19.8. The van der Waals surface area contributed by atoms with E-state index < -0.39 is 0 Å². The molecule has 6 nitrogen and oxygen atoms in total. The van der Waals surface area contributed by atoms with Gasteiger partial charge in [-0.3, -0.25) is 9.48 Å². The van der Waals surface area contributed by atoms with Gasteiger partial charge in [0.1, 0.15) is 12.7 Å². The summed E-state index contributed by atoms with van der Waals surface area (Å²) in [7, 11) is 0.